The Morgan fingerprint density at radius 1 is 1.73 bits per heavy atom. The van der Waals surface area contributed by atoms with Crippen molar-refractivity contribution in [3.8, 4) is 0 Å². The Hall–Kier alpha value is 0.180. The van der Waals surface area contributed by atoms with Crippen LogP contribution in [0.4, 0.5) is 0 Å². The Bertz CT molecular complexity index is 220. The van der Waals surface area contributed by atoms with Gasteiger partial charge >= 0.3 is 0 Å². The number of hydrogen-bond acceptors (Lipinski definition) is 1. The van der Waals surface area contributed by atoms with E-state index in [1.54, 1.807) is 6.08 Å². The van der Waals surface area contributed by atoms with Gasteiger partial charge in [-0.3, -0.25) is 4.79 Å². The molecule has 0 N–H and O–H groups in total. The first-order valence-corrected chi connectivity index (χ1v) is 4.77. The number of alkyl halides is 1. The highest BCUT2D eigenvalue weighted by molar-refractivity contribution is 9.09. The molecule has 1 unspecified atom stereocenters. The first-order valence-electron chi connectivity index (χ1n) is 3.48. The molecule has 0 bridgehead atoms. The van der Waals surface area contributed by atoms with E-state index < -0.39 is 0 Å². The van der Waals surface area contributed by atoms with E-state index in [1.165, 1.54) is 0 Å². The molecule has 3 heteroatoms. The van der Waals surface area contributed by atoms with Crippen molar-refractivity contribution in [2.75, 3.05) is 0 Å². The molecule has 0 saturated carbocycles. The molecule has 0 spiro atoms. The van der Waals surface area contributed by atoms with Gasteiger partial charge in [-0.2, -0.15) is 0 Å². The second-order valence-electron chi connectivity index (χ2n) is 3.50. The molecule has 0 heterocycles. The van der Waals surface area contributed by atoms with Gasteiger partial charge in [-0.25, -0.2) is 0 Å². The Morgan fingerprint density at radius 3 is 2.73 bits per heavy atom. The molecule has 0 aromatic rings. The summed E-state index contributed by atoms with van der Waals surface area (Å²) >= 11 is 9.14. The Labute approximate surface area is 79.9 Å². The van der Waals surface area contributed by atoms with E-state index in [-0.39, 0.29) is 16.0 Å². The molecule has 1 aliphatic rings. The number of carbonyl (C=O) groups excluding carboxylic acids is 1. The van der Waals surface area contributed by atoms with Crippen LogP contribution in [0, 0.1) is 5.41 Å². The molecule has 11 heavy (non-hydrogen) atoms. The van der Waals surface area contributed by atoms with E-state index in [0.717, 1.165) is 0 Å². The summed E-state index contributed by atoms with van der Waals surface area (Å²) < 4.78 is 0. The van der Waals surface area contributed by atoms with Gasteiger partial charge in [0, 0.05) is 11.2 Å². The van der Waals surface area contributed by atoms with Crippen molar-refractivity contribution in [2.24, 2.45) is 5.41 Å². The normalized spacial score (nSPS) is 30.0. The number of carbonyl (C=O) groups is 1. The highest BCUT2D eigenvalue weighted by atomic mass is 79.9. The van der Waals surface area contributed by atoms with Crippen LogP contribution in [-0.2, 0) is 4.79 Å². The first-order chi connectivity index (χ1) is 4.93. The van der Waals surface area contributed by atoms with Gasteiger partial charge in [-0.05, 0) is 11.5 Å². The minimum atomic E-state index is -0.00449. The van der Waals surface area contributed by atoms with Crippen LogP contribution < -0.4 is 0 Å². The number of halogens is 2. The van der Waals surface area contributed by atoms with Gasteiger partial charge in [0.15, 0.2) is 5.78 Å². The summed E-state index contributed by atoms with van der Waals surface area (Å²) in [6.45, 7) is 4.09. The van der Waals surface area contributed by atoms with Crippen LogP contribution in [0.25, 0.3) is 0 Å². The molecule has 0 aliphatic heterocycles. The molecule has 1 atom stereocenters. The molecule has 0 aromatic carbocycles. The lowest BCUT2D eigenvalue weighted by molar-refractivity contribution is -0.117. The van der Waals surface area contributed by atoms with E-state index in [9.17, 15) is 4.79 Å². The van der Waals surface area contributed by atoms with E-state index in [0.29, 0.717) is 11.5 Å². The molecular formula is C8H10BrClO. The molecule has 0 amide bonds. The zero-order valence-electron chi connectivity index (χ0n) is 6.53. The lowest BCUT2D eigenvalue weighted by Crippen LogP contribution is -2.30. The van der Waals surface area contributed by atoms with Crippen LogP contribution in [0.3, 0.4) is 0 Å². The minimum absolute atomic E-state index is 0.00449. The summed E-state index contributed by atoms with van der Waals surface area (Å²) in [5.74, 6) is 0.0485. The van der Waals surface area contributed by atoms with Crippen molar-refractivity contribution in [3.63, 3.8) is 0 Å². The van der Waals surface area contributed by atoms with E-state index in [4.69, 9.17) is 11.6 Å². The highest BCUT2D eigenvalue weighted by Crippen LogP contribution is 2.38. The molecular weight excluding hydrogens is 227 g/mol. The standard InChI is InChI=1S/C8H10BrClO/c1-8(2)4-6(11)5(10)3-7(8)9/h3,7H,4H2,1-2H3. The van der Waals surface area contributed by atoms with Gasteiger partial charge in [0.2, 0.25) is 0 Å². The van der Waals surface area contributed by atoms with Crippen molar-refractivity contribution in [1.29, 1.82) is 0 Å². The smallest absolute Gasteiger partial charge is 0.174 e. The average Bonchev–Trinajstić information content (AvgIpc) is 1.83. The van der Waals surface area contributed by atoms with Crippen molar-refractivity contribution >= 4 is 33.3 Å². The molecule has 0 aromatic heterocycles. The number of hydrogen-bond donors (Lipinski definition) is 0. The van der Waals surface area contributed by atoms with Crippen molar-refractivity contribution < 1.29 is 4.79 Å². The fourth-order valence-electron chi connectivity index (χ4n) is 1.04. The Kier molecular flexibility index (Phi) is 2.45. The fraction of sp³-hybridized carbons (Fsp3) is 0.625. The van der Waals surface area contributed by atoms with E-state index in [1.807, 2.05) is 13.8 Å². The predicted molar refractivity (Wildman–Crippen MR) is 50.1 cm³/mol. The molecule has 1 rings (SSSR count). The quantitative estimate of drug-likeness (QED) is 0.592. The van der Waals surface area contributed by atoms with Crippen LogP contribution in [0.2, 0.25) is 0 Å². The number of Topliss-reactive ketones (excluding diaryl/α,β-unsaturated/α-hetero) is 1. The first kappa shape index (κ1) is 9.27. The van der Waals surface area contributed by atoms with Crippen molar-refractivity contribution in [1.82, 2.24) is 0 Å². The maximum Gasteiger partial charge on any atom is 0.174 e. The lowest BCUT2D eigenvalue weighted by atomic mass is 9.80. The maximum absolute atomic E-state index is 11.1. The highest BCUT2D eigenvalue weighted by Gasteiger charge is 2.33. The summed E-state index contributed by atoms with van der Waals surface area (Å²) in [5.41, 5.74) is -0.00449. The fourth-order valence-corrected chi connectivity index (χ4v) is 1.81. The summed E-state index contributed by atoms with van der Waals surface area (Å²) in [7, 11) is 0. The Morgan fingerprint density at radius 2 is 2.27 bits per heavy atom. The lowest BCUT2D eigenvalue weighted by Gasteiger charge is -2.31. The largest absolute Gasteiger partial charge is 0.293 e. The monoisotopic (exact) mass is 236 g/mol. The van der Waals surface area contributed by atoms with Crippen LogP contribution >= 0.6 is 27.5 Å². The zero-order valence-corrected chi connectivity index (χ0v) is 8.87. The molecule has 0 radical (unpaired) electrons. The number of ketones is 1. The van der Waals surface area contributed by atoms with Crippen molar-refractivity contribution in [2.45, 2.75) is 25.1 Å². The van der Waals surface area contributed by atoms with E-state index in [2.05, 4.69) is 15.9 Å². The molecule has 0 saturated heterocycles. The van der Waals surface area contributed by atoms with Gasteiger partial charge in [-0.1, -0.05) is 41.4 Å². The van der Waals surface area contributed by atoms with Gasteiger partial charge in [0.05, 0.1) is 5.03 Å². The minimum Gasteiger partial charge on any atom is -0.293 e. The maximum atomic E-state index is 11.1. The van der Waals surface area contributed by atoms with Gasteiger partial charge in [0.25, 0.3) is 0 Å². The molecule has 0 fully saturated rings. The SMILES string of the molecule is CC1(C)CC(=O)C(Cl)=CC1Br. The van der Waals surface area contributed by atoms with Crippen LogP contribution in [0.1, 0.15) is 20.3 Å². The number of rotatable bonds is 0. The van der Waals surface area contributed by atoms with Gasteiger partial charge in [0.1, 0.15) is 0 Å². The topological polar surface area (TPSA) is 17.1 Å². The predicted octanol–water partition coefficient (Wildman–Crippen LogP) is 2.87. The average molecular weight is 238 g/mol. The second kappa shape index (κ2) is 2.91. The zero-order chi connectivity index (χ0) is 8.65. The summed E-state index contributed by atoms with van der Waals surface area (Å²) in [6.07, 6.45) is 2.30. The van der Waals surface area contributed by atoms with Crippen LogP contribution in [-0.4, -0.2) is 10.6 Å². The summed E-state index contributed by atoms with van der Waals surface area (Å²) in [6, 6.07) is 0. The third-order valence-corrected chi connectivity index (χ3v) is 3.76. The number of allylic oxidation sites excluding steroid dienone is 2. The van der Waals surface area contributed by atoms with Crippen LogP contribution in [0.15, 0.2) is 11.1 Å². The van der Waals surface area contributed by atoms with Crippen LogP contribution in [0.5, 0.6) is 0 Å². The second-order valence-corrected chi connectivity index (χ2v) is 4.90. The van der Waals surface area contributed by atoms with Gasteiger partial charge in [-0.15, -0.1) is 0 Å². The molecule has 1 nitrogen and oxygen atoms in total. The third-order valence-electron chi connectivity index (χ3n) is 1.92. The van der Waals surface area contributed by atoms with Gasteiger partial charge < -0.3 is 0 Å². The third kappa shape index (κ3) is 1.85. The van der Waals surface area contributed by atoms with Crippen molar-refractivity contribution in [3.05, 3.63) is 11.1 Å². The Balaban J connectivity index is 2.93. The summed E-state index contributed by atoms with van der Waals surface area (Å²) in [5, 5.41) is 0.367. The van der Waals surface area contributed by atoms with E-state index >= 15 is 0 Å². The summed E-state index contributed by atoms with van der Waals surface area (Å²) in [4.78, 5) is 11.3. The molecule has 62 valence electrons. The molecule has 1 aliphatic carbocycles.